The predicted molar refractivity (Wildman–Crippen MR) is 92.6 cm³/mol. The first-order valence-corrected chi connectivity index (χ1v) is 8.59. The third kappa shape index (κ3) is 4.80. The van der Waals surface area contributed by atoms with Crippen LogP contribution in [0.1, 0.15) is 24.2 Å². The van der Waals surface area contributed by atoms with Gasteiger partial charge < -0.3 is 15.1 Å². The van der Waals surface area contributed by atoms with E-state index in [-0.39, 0.29) is 17.7 Å². The van der Waals surface area contributed by atoms with Gasteiger partial charge >= 0.3 is 0 Å². The number of hydrogen-bond acceptors (Lipinski definition) is 4. The minimum absolute atomic E-state index is 0.00388. The second-order valence-electron chi connectivity index (χ2n) is 6.67. The van der Waals surface area contributed by atoms with Gasteiger partial charge in [-0.1, -0.05) is 0 Å². The van der Waals surface area contributed by atoms with Gasteiger partial charge in [0.15, 0.2) is 0 Å². The van der Waals surface area contributed by atoms with Crippen LogP contribution < -0.4 is 5.32 Å². The molecule has 1 aliphatic heterocycles. The highest BCUT2D eigenvalue weighted by atomic mass is 16.2. The molecule has 1 N–H and O–H groups in total. The van der Waals surface area contributed by atoms with Gasteiger partial charge in [-0.25, -0.2) is 0 Å². The molecular formula is C17H29N5O2. The maximum atomic E-state index is 12.5. The number of hydrogen-bond donors (Lipinski definition) is 1. The first-order valence-electron chi connectivity index (χ1n) is 8.59. The molecule has 0 aliphatic carbocycles. The van der Waals surface area contributed by atoms with Crippen LogP contribution in [-0.4, -0.2) is 71.7 Å². The summed E-state index contributed by atoms with van der Waals surface area (Å²) in [6.45, 7) is 7.43. The molecular weight excluding hydrogens is 306 g/mol. The first-order chi connectivity index (χ1) is 11.4. The minimum atomic E-state index is -0.164. The fourth-order valence-corrected chi connectivity index (χ4v) is 3.21. The molecule has 1 saturated heterocycles. The summed E-state index contributed by atoms with van der Waals surface area (Å²) < 4.78 is 1.95. The Morgan fingerprint density at radius 3 is 2.67 bits per heavy atom. The van der Waals surface area contributed by atoms with Gasteiger partial charge in [0.25, 0.3) is 0 Å². The normalized spacial score (nSPS) is 19.2. The van der Waals surface area contributed by atoms with Gasteiger partial charge in [-0.05, 0) is 33.4 Å². The van der Waals surface area contributed by atoms with Crippen molar-refractivity contribution >= 4 is 11.8 Å². The van der Waals surface area contributed by atoms with Crippen LogP contribution in [0, 0.1) is 19.8 Å². The lowest BCUT2D eigenvalue weighted by atomic mass is 10.1. The Kier molecular flexibility index (Phi) is 6.36. The summed E-state index contributed by atoms with van der Waals surface area (Å²) in [7, 11) is 3.64. The van der Waals surface area contributed by atoms with Crippen molar-refractivity contribution < 1.29 is 9.59 Å². The standard InChI is InChI=1S/C17H29N5O2/c1-13-10-14(2)22(19-13)7-5-6-16(23)21-9-8-20(4)11-15(12-21)17(24)18-3/h10,15H,5-9,11-12H2,1-4H3,(H,18,24). The van der Waals surface area contributed by atoms with Gasteiger partial charge in [-0.15, -0.1) is 0 Å². The summed E-state index contributed by atoms with van der Waals surface area (Å²) in [5.74, 6) is -0.0348. The van der Waals surface area contributed by atoms with Crippen LogP contribution in [-0.2, 0) is 16.1 Å². The average molecular weight is 335 g/mol. The van der Waals surface area contributed by atoms with Gasteiger partial charge in [-0.3, -0.25) is 14.3 Å². The molecule has 0 aromatic carbocycles. The number of carbonyl (C=O) groups is 2. The minimum Gasteiger partial charge on any atom is -0.359 e. The number of aromatic nitrogens is 2. The molecule has 1 atom stereocenters. The van der Waals surface area contributed by atoms with Crippen LogP contribution in [0.5, 0.6) is 0 Å². The first kappa shape index (κ1) is 18.4. The molecule has 1 aromatic heterocycles. The number of nitrogens with zero attached hydrogens (tertiary/aromatic N) is 4. The van der Waals surface area contributed by atoms with Crippen LogP contribution in [0.15, 0.2) is 6.07 Å². The van der Waals surface area contributed by atoms with E-state index in [1.807, 2.05) is 36.5 Å². The molecule has 0 saturated carbocycles. The van der Waals surface area contributed by atoms with Crippen LogP contribution in [0.3, 0.4) is 0 Å². The Morgan fingerprint density at radius 1 is 1.29 bits per heavy atom. The lowest BCUT2D eigenvalue weighted by Gasteiger charge is -2.23. The zero-order chi connectivity index (χ0) is 17.7. The van der Waals surface area contributed by atoms with Crippen molar-refractivity contribution in [2.24, 2.45) is 5.92 Å². The lowest BCUT2D eigenvalue weighted by Crippen LogP contribution is -2.41. The molecule has 7 heteroatoms. The Morgan fingerprint density at radius 2 is 2.04 bits per heavy atom. The smallest absolute Gasteiger partial charge is 0.225 e. The number of carbonyl (C=O) groups excluding carboxylic acids is 2. The summed E-state index contributed by atoms with van der Waals surface area (Å²) in [5, 5.41) is 7.12. The number of amides is 2. The summed E-state index contributed by atoms with van der Waals surface area (Å²) in [4.78, 5) is 28.5. The van der Waals surface area contributed by atoms with Gasteiger partial charge in [0.05, 0.1) is 11.6 Å². The van der Waals surface area contributed by atoms with E-state index < -0.39 is 0 Å². The Bertz CT molecular complexity index is 584. The molecule has 1 aliphatic rings. The van der Waals surface area contributed by atoms with Crippen LogP contribution in [0.25, 0.3) is 0 Å². The molecule has 24 heavy (non-hydrogen) atoms. The van der Waals surface area contributed by atoms with E-state index in [9.17, 15) is 9.59 Å². The zero-order valence-corrected chi connectivity index (χ0v) is 15.2. The van der Waals surface area contributed by atoms with Gasteiger partial charge in [0.2, 0.25) is 11.8 Å². The molecule has 2 rings (SSSR count). The fraction of sp³-hybridized carbons (Fsp3) is 0.706. The van der Waals surface area contributed by atoms with E-state index in [4.69, 9.17) is 0 Å². The summed E-state index contributed by atoms with van der Waals surface area (Å²) >= 11 is 0. The Hall–Kier alpha value is -1.89. The van der Waals surface area contributed by atoms with Crippen molar-refractivity contribution in [2.45, 2.75) is 33.2 Å². The molecule has 1 aromatic rings. The van der Waals surface area contributed by atoms with E-state index in [1.165, 1.54) is 0 Å². The SMILES string of the molecule is CNC(=O)C1CN(C)CCN(C(=O)CCCn2nc(C)cc2C)C1. The second kappa shape index (κ2) is 8.28. The van der Waals surface area contributed by atoms with E-state index >= 15 is 0 Å². The van der Waals surface area contributed by atoms with Crippen molar-refractivity contribution in [2.75, 3.05) is 40.3 Å². The third-order valence-corrected chi connectivity index (χ3v) is 4.56. The molecule has 1 unspecified atom stereocenters. The van der Waals surface area contributed by atoms with E-state index in [0.717, 1.165) is 30.9 Å². The number of likely N-dealkylation sites (N-methyl/N-ethyl adjacent to an activating group) is 1. The monoisotopic (exact) mass is 335 g/mol. The Labute approximate surface area is 144 Å². The maximum Gasteiger partial charge on any atom is 0.225 e. The van der Waals surface area contributed by atoms with Crippen molar-refractivity contribution in [3.8, 4) is 0 Å². The number of aryl methyl sites for hydroxylation is 3. The zero-order valence-electron chi connectivity index (χ0n) is 15.2. The molecule has 1 fully saturated rings. The predicted octanol–water partition coefficient (Wildman–Crippen LogP) is 0.416. The largest absolute Gasteiger partial charge is 0.359 e. The summed E-state index contributed by atoms with van der Waals surface area (Å²) in [6.07, 6.45) is 1.25. The third-order valence-electron chi connectivity index (χ3n) is 4.56. The molecule has 0 radical (unpaired) electrons. The topological polar surface area (TPSA) is 70.5 Å². The molecule has 2 amide bonds. The molecule has 0 spiro atoms. The quantitative estimate of drug-likeness (QED) is 0.846. The Balaban J connectivity index is 1.88. The highest BCUT2D eigenvalue weighted by molar-refractivity contribution is 5.81. The van der Waals surface area contributed by atoms with Crippen molar-refractivity contribution in [3.05, 3.63) is 17.5 Å². The number of nitrogens with one attached hydrogen (secondary N) is 1. The van der Waals surface area contributed by atoms with E-state index in [1.54, 1.807) is 7.05 Å². The highest BCUT2D eigenvalue weighted by Gasteiger charge is 2.28. The van der Waals surface area contributed by atoms with Crippen LogP contribution >= 0.6 is 0 Å². The van der Waals surface area contributed by atoms with Gasteiger partial charge in [0, 0.05) is 51.9 Å². The highest BCUT2D eigenvalue weighted by Crippen LogP contribution is 2.12. The summed E-state index contributed by atoms with van der Waals surface area (Å²) in [5.41, 5.74) is 2.12. The van der Waals surface area contributed by atoms with Gasteiger partial charge in [0.1, 0.15) is 0 Å². The van der Waals surface area contributed by atoms with Crippen molar-refractivity contribution in [1.82, 2.24) is 24.9 Å². The molecule has 0 bridgehead atoms. The van der Waals surface area contributed by atoms with Crippen LogP contribution in [0.4, 0.5) is 0 Å². The van der Waals surface area contributed by atoms with Crippen molar-refractivity contribution in [3.63, 3.8) is 0 Å². The average Bonchev–Trinajstić information content (AvgIpc) is 2.74. The molecule has 134 valence electrons. The number of rotatable bonds is 5. The lowest BCUT2D eigenvalue weighted by molar-refractivity contribution is -0.133. The van der Waals surface area contributed by atoms with E-state index in [0.29, 0.717) is 26.1 Å². The fourth-order valence-electron chi connectivity index (χ4n) is 3.21. The maximum absolute atomic E-state index is 12.5. The molecule has 7 nitrogen and oxygen atoms in total. The second-order valence-corrected chi connectivity index (χ2v) is 6.67. The van der Waals surface area contributed by atoms with Crippen molar-refractivity contribution in [1.29, 1.82) is 0 Å². The van der Waals surface area contributed by atoms with Gasteiger partial charge in [-0.2, -0.15) is 5.10 Å². The molecule has 2 heterocycles. The summed E-state index contributed by atoms with van der Waals surface area (Å²) in [6, 6.07) is 2.04. The van der Waals surface area contributed by atoms with Crippen LogP contribution in [0.2, 0.25) is 0 Å². The van der Waals surface area contributed by atoms with E-state index in [2.05, 4.69) is 15.3 Å².